The van der Waals surface area contributed by atoms with E-state index in [-0.39, 0.29) is 18.1 Å². The zero-order valence-corrected chi connectivity index (χ0v) is 10.1. The van der Waals surface area contributed by atoms with Gasteiger partial charge in [0.05, 0.1) is 0 Å². The van der Waals surface area contributed by atoms with Gasteiger partial charge in [0.2, 0.25) is 0 Å². The van der Waals surface area contributed by atoms with Crippen molar-refractivity contribution in [1.82, 2.24) is 4.98 Å². The third kappa shape index (κ3) is 2.99. The average molecular weight is 264 g/mol. The predicted octanol–water partition coefficient (Wildman–Crippen LogP) is 2.80. The van der Waals surface area contributed by atoms with Gasteiger partial charge >= 0.3 is 5.97 Å². The second kappa shape index (κ2) is 5.51. The molecule has 2 aromatic rings. The summed E-state index contributed by atoms with van der Waals surface area (Å²) >= 11 is 5.81. The molecule has 0 aliphatic heterocycles. The summed E-state index contributed by atoms with van der Waals surface area (Å²) < 4.78 is 5.03. The van der Waals surface area contributed by atoms with Gasteiger partial charge in [0.25, 0.3) is 0 Å². The molecular weight excluding hydrogens is 254 g/mol. The Balaban J connectivity index is 2.03. The van der Waals surface area contributed by atoms with E-state index in [1.54, 1.807) is 24.3 Å². The van der Waals surface area contributed by atoms with Crippen LogP contribution in [0.15, 0.2) is 42.6 Å². The molecule has 0 unspecified atom stereocenters. The first-order valence-corrected chi connectivity index (χ1v) is 5.60. The Bertz CT molecular complexity index is 572. The zero-order valence-electron chi connectivity index (χ0n) is 9.34. The Labute approximate surface area is 109 Å². The number of benzene rings is 1. The number of ether oxygens (including phenoxy) is 1. The van der Waals surface area contributed by atoms with Gasteiger partial charge in [-0.2, -0.15) is 0 Å². The molecule has 0 atom stereocenters. The molecule has 0 aliphatic rings. The number of aromatic nitrogens is 1. The quantitative estimate of drug-likeness (QED) is 0.865. The van der Waals surface area contributed by atoms with Gasteiger partial charge in [-0.15, -0.1) is 0 Å². The Morgan fingerprint density at radius 1 is 1.33 bits per heavy atom. The molecule has 2 rings (SSSR count). The van der Waals surface area contributed by atoms with E-state index in [1.807, 2.05) is 0 Å². The topological polar surface area (TPSA) is 59.4 Å². The van der Waals surface area contributed by atoms with Crippen molar-refractivity contribution in [3.05, 3.63) is 58.9 Å². The van der Waals surface area contributed by atoms with Gasteiger partial charge in [0.15, 0.2) is 5.69 Å². The number of nitrogens with zero attached hydrogens (tertiary/aromatic N) is 1. The van der Waals surface area contributed by atoms with Crippen molar-refractivity contribution in [2.75, 3.05) is 0 Å². The maximum absolute atomic E-state index is 11.6. The highest BCUT2D eigenvalue weighted by atomic mass is 35.5. The van der Waals surface area contributed by atoms with Crippen LogP contribution in [0.5, 0.6) is 5.75 Å². The third-order valence-corrected chi connectivity index (χ3v) is 2.47. The summed E-state index contributed by atoms with van der Waals surface area (Å²) in [6.45, 7) is 0.0788. The second-order valence-corrected chi connectivity index (χ2v) is 4.01. The van der Waals surface area contributed by atoms with Crippen molar-refractivity contribution in [3.63, 3.8) is 0 Å². The number of carbonyl (C=O) groups is 1. The summed E-state index contributed by atoms with van der Waals surface area (Å²) in [4.78, 5) is 15.4. The molecule has 1 N–H and O–H groups in total. The Morgan fingerprint density at radius 3 is 2.89 bits per heavy atom. The van der Waals surface area contributed by atoms with Crippen molar-refractivity contribution < 1.29 is 14.6 Å². The van der Waals surface area contributed by atoms with Crippen LogP contribution in [0.2, 0.25) is 5.02 Å². The van der Waals surface area contributed by atoms with Crippen LogP contribution in [0.4, 0.5) is 0 Å². The van der Waals surface area contributed by atoms with Crippen LogP contribution in [0.3, 0.4) is 0 Å². The van der Waals surface area contributed by atoms with Crippen LogP contribution in [0.25, 0.3) is 0 Å². The van der Waals surface area contributed by atoms with Crippen LogP contribution in [-0.2, 0) is 11.3 Å². The van der Waals surface area contributed by atoms with E-state index in [9.17, 15) is 9.90 Å². The number of pyridine rings is 1. The van der Waals surface area contributed by atoms with Gasteiger partial charge in [0, 0.05) is 11.2 Å². The van der Waals surface area contributed by atoms with Crippen LogP contribution in [0.1, 0.15) is 16.1 Å². The van der Waals surface area contributed by atoms with Gasteiger partial charge in [0.1, 0.15) is 12.4 Å². The van der Waals surface area contributed by atoms with Crippen molar-refractivity contribution in [1.29, 1.82) is 0 Å². The minimum absolute atomic E-state index is 0.0788. The molecule has 0 amide bonds. The normalized spacial score (nSPS) is 10.1. The Kier molecular flexibility index (Phi) is 3.79. The molecule has 4 nitrogen and oxygen atoms in total. The largest absolute Gasteiger partial charge is 0.505 e. The van der Waals surface area contributed by atoms with E-state index in [0.29, 0.717) is 5.02 Å². The number of hydrogen-bond acceptors (Lipinski definition) is 4. The molecule has 92 valence electrons. The predicted molar refractivity (Wildman–Crippen MR) is 66.5 cm³/mol. The summed E-state index contributed by atoms with van der Waals surface area (Å²) in [5.41, 5.74) is 0.672. The molecule has 0 fully saturated rings. The van der Waals surface area contributed by atoms with E-state index in [1.165, 1.54) is 18.3 Å². The highest BCUT2D eigenvalue weighted by molar-refractivity contribution is 6.30. The molecule has 1 aromatic heterocycles. The van der Waals surface area contributed by atoms with Crippen LogP contribution >= 0.6 is 11.6 Å². The molecule has 5 heteroatoms. The lowest BCUT2D eigenvalue weighted by Gasteiger charge is -2.05. The Hall–Kier alpha value is -2.07. The lowest BCUT2D eigenvalue weighted by Crippen LogP contribution is -2.07. The fourth-order valence-corrected chi connectivity index (χ4v) is 1.61. The van der Waals surface area contributed by atoms with Crippen molar-refractivity contribution in [2.45, 2.75) is 6.61 Å². The average Bonchev–Trinajstić information content (AvgIpc) is 2.37. The smallest absolute Gasteiger partial charge is 0.361 e. The number of aromatic hydroxyl groups is 1. The first-order valence-electron chi connectivity index (χ1n) is 5.22. The fraction of sp³-hybridized carbons (Fsp3) is 0.0769. The summed E-state index contributed by atoms with van der Waals surface area (Å²) in [6.07, 6.45) is 1.41. The molecule has 0 saturated carbocycles. The van der Waals surface area contributed by atoms with Gasteiger partial charge < -0.3 is 9.84 Å². The standard InChI is InChI=1S/C13H10ClNO3/c14-10-4-1-3-9(7-10)8-18-13(17)12-11(16)5-2-6-15-12/h1-7,16H,8H2. The first kappa shape index (κ1) is 12.4. The summed E-state index contributed by atoms with van der Waals surface area (Å²) in [6, 6.07) is 9.90. The zero-order chi connectivity index (χ0) is 13.0. The van der Waals surface area contributed by atoms with Gasteiger partial charge in [-0.1, -0.05) is 23.7 Å². The monoisotopic (exact) mass is 263 g/mol. The highest BCUT2D eigenvalue weighted by Gasteiger charge is 2.13. The van der Waals surface area contributed by atoms with E-state index in [0.717, 1.165) is 5.56 Å². The lowest BCUT2D eigenvalue weighted by atomic mass is 10.2. The van der Waals surface area contributed by atoms with Gasteiger partial charge in [-0.25, -0.2) is 9.78 Å². The fourth-order valence-electron chi connectivity index (χ4n) is 1.40. The molecule has 0 bridgehead atoms. The summed E-state index contributed by atoms with van der Waals surface area (Å²) in [5, 5.41) is 10.0. The van der Waals surface area contributed by atoms with E-state index >= 15 is 0 Å². The van der Waals surface area contributed by atoms with Crippen LogP contribution in [-0.4, -0.2) is 16.1 Å². The van der Waals surface area contributed by atoms with Crippen molar-refractivity contribution in [2.24, 2.45) is 0 Å². The van der Waals surface area contributed by atoms with E-state index in [2.05, 4.69) is 4.98 Å². The summed E-state index contributed by atoms with van der Waals surface area (Å²) in [5.74, 6) is -0.873. The summed E-state index contributed by atoms with van der Waals surface area (Å²) in [7, 11) is 0. The van der Waals surface area contributed by atoms with Gasteiger partial charge in [-0.3, -0.25) is 0 Å². The van der Waals surface area contributed by atoms with Crippen LogP contribution < -0.4 is 0 Å². The molecule has 1 aromatic carbocycles. The molecule has 0 radical (unpaired) electrons. The molecule has 18 heavy (non-hydrogen) atoms. The van der Waals surface area contributed by atoms with Crippen molar-refractivity contribution in [3.8, 4) is 5.75 Å². The molecule has 0 saturated heterocycles. The van der Waals surface area contributed by atoms with E-state index in [4.69, 9.17) is 16.3 Å². The number of halogens is 1. The number of rotatable bonds is 3. The SMILES string of the molecule is O=C(OCc1cccc(Cl)c1)c1ncccc1O. The second-order valence-electron chi connectivity index (χ2n) is 3.58. The number of esters is 1. The first-order chi connectivity index (χ1) is 8.66. The lowest BCUT2D eigenvalue weighted by molar-refractivity contribution is 0.0462. The van der Waals surface area contributed by atoms with Gasteiger partial charge in [-0.05, 0) is 29.8 Å². The van der Waals surface area contributed by atoms with Crippen molar-refractivity contribution >= 4 is 17.6 Å². The van der Waals surface area contributed by atoms with Crippen LogP contribution in [0, 0.1) is 0 Å². The maximum atomic E-state index is 11.6. The molecule has 1 heterocycles. The number of hydrogen-bond donors (Lipinski definition) is 1. The third-order valence-electron chi connectivity index (χ3n) is 2.24. The maximum Gasteiger partial charge on any atom is 0.361 e. The minimum Gasteiger partial charge on any atom is -0.505 e. The molecule has 0 aliphatic carbocycles. The molecular formula is C13H10ClNO3. The highest BCUT2D eigenvalue weighted by Crippen LogP contribution is 2.16. The number of carbonyl (C=O) groups excluding carboxylic acids is 1. The van der Waals surface area contributed by atoms with E-state index < -0.39 is 5.97 Å². The molecule has 0 spiro atoms. The Morgan fingerprint density at radius 2 is 2.17 bits per heavy atom. The minimum atomic E-state index is -0.673.